The first kappa shape index (κ1) is 23.5. The maximum absolute atomic E-state index is 14.0. The van der Waals surface area contributed by atoms with E-state index in [4.69, 9.17) is 9.05 Å². The molecule has 0 aliphatic heterocycles. The summed E-state index contributed by atoms with van der Waals surface area (Å²) in [6.45, 7) is 8.91. The lowest BCUT2D eigenvalue weighted by molar-refractivity contribution is 0.168. The number of hydrogen-bond acceptors (Lipinski definition) is 5. The molecule has 160 valence electrons. The zero-order valence-corrected chi connectivity index (χ0v) is 19.4. The van der Waals surface area contributed by atoms with Gasteiger partial charge < -0.3 is 19.3 Å². The molecule has 2 aromatic rings. The van der Waals surface area contributed by atoms with Crippen molar-refractivity contribution in [3.05, 3.63) is 60.2 Å². The van der Waals surface area contributed by atoms with E-state index in [2.05, 4.69) is 5.32 Å². The summed E-state index contributed by atoms with van der Waals surface area (Å²) in [4.78, 5) is 2.04. The second-order valence-electron chi connectivity index (χ2n) is 8.32. The van der Waals surface area contributed by atoms with Crippen LogP contribution < -0.4 is 10.2 Å². The molecule has 0 radical (unpaired) electrons. The van der Waals surface area contributed by atoms with Crippen LogP contribution in [0.1, 0.15) is 39.0 Å². The lowest BCUT2D eigenvalue weighted by atomic mass is 10.2. The summed E-state index contributed by atoms with van der Waals surface area (Å²) in [7, 11) is 0.506. The molecular formula is C23H35N2O3P. The number of benzene rings is 2. The normalized spacial score (nSPS) is 13.0. The van der Waals surface area contributed by atoms with Crippen molar-refractivity contribution in [2.24, 2.45) is 11.8 Å². The van der Waals surface area contributed by atoms with Crippen molar-refractivity contribution in [1.29, 1.82) is 0 Å². The van der Waals surface area contributed by atoms with Crippen LogP contribution in [-0.2, 0) is 13.6 Å². The fourth-order valence-corrected chi connectivity index (χ4v) is 4.91. The molecule has 0 aliphatic carbocycles. The highest BCUT2D eigenvalue weighted by atomic mass is 31.2. The average Bonchev–Trinajstić information content (AvgIpc) is 2.70. The Balaban J connectivity index is 2.43. The maximum Gasteiger partial charge on any atom is 0.357 e. The molecule has 1 atom stereocenters. The highest BCUT2D eigenvalue weighted by molar-refractivity contribution is 7.54. The van der Waals surface area contributed by atoms with Crippen molar-refractivity contribution in [1.82, 2.24) is 0 Å². The molecule has 0 saturated heterocycles. The van der Waals surface area contributed by atoms with E-state index in [0.717, 1.165) is 16.9 Å². The Morgan fingerprint density at radius 3 is 1.83 bits per heavy atom. The Morgan fingerprint density at radius 2 is 1.38 bits per heavy atom. The summed E-state index contributed by atoms with van der Waals surface area (Å²) >= 11 is 0. The summed E-state index contributed by atoms with van der Waals surface area (Å²) in [5.74, 6) is -0.0995. The van der Waals surface area contributed by atoms with Crippen molar-refractivity contribution >= 4 is 19.0 Å². The second kappa shape index (κ2) is 10.8. The smallest absolute Gasteiger partial charge is 0.357 e. The number of nitrogens with zero attached hydrogens (tertiary/aromatic N) is 1. The van der Waals surface area contributed by atoms with Crippen LogP contribution in [0.5, 0.6) is 0 Å². The lowest BCUT2D eigenvalue weighted by Crippen LogP contribution is -2.18. The molecule has 0 spiro atoms. The Morgan fingerprint density at radius 1 is 0.862 bits per heavy atom. The Kier molecular flexibility index (Phi) is 8.76. The van der Waals surface area contributed by atoms with Gasteiger partial charge in [-0.25, -0.2) is 0 Å². The van der Waals surface area contributed by atoms with E-state index in [1.807, 2.05) is 101 Å². The molecule has 1 N–H and O–H groups in total. The lowest BCUT2D eigenvalue weighted by Gasteiger charge is -2.30. The van der Waals surface area contributed by atoms with Crippen molar-refractivity contribution in [3.63, 3.8) is 0 Å². The summed E-state index contributed by atoms with van der Waals surface area (Å²) in [5, 5.41) is 3.41. The van der Waals surface area contributed by atoms with Gasteiger partial charge >= 0.3 is 7.60 Å². The van der Waals surface area contributed by atoms with Crippen LogP contribution in [0.4, 0.5) is 11.4 Å². The standard InChI is InChI=1S/C23H35N2O3P/c1-18(2)16-27-29(26,28-17-19(3)4)23(24-21-10-8-7-9-11-21)20-12-14-22(15-13-20)25(5)6/h7-15,18-19,23-24H,16-17H2,1-6H3/t23-/m1/s1. The van der Waals surface area contributed by atoms with Crippen molar-refractivity contribution in [3.8, 4) is 0 Å². The maximum atomic E-state index is 14.0. The van der Waals surface area contributed by atoms with Crippen LogP contribution >= 0.6 is 7.60 Å². The van der Waals surface area contributed by atoms with Crippen LogP contribution in [0.3, 0.4) is 0 Å². The molecule has 6 heteroatoms. The van der Waals surface area contributed by atoms with Gasteiger partial charge in [-0.3, -0.25) is 4.57 Å². The van der Waals surface area contributed by atoms with E-state index in [0.29, 0.717) is 13.2 Å². The van der Waals surface area contributed by atoms with Gasteiger partial charge in [-0.05, 0) is 41.7 Å². The van der Waals surface area contributed by atoms with Crippen molar-refractivity contribution in [2.45, 2.75) is 33.5 Å². The van der Waals surface area contributed by atoms with Gasteiger partial charge in [0, 0.05) is 25.5 Å². The quantitative estimate of drug-likeness (QED) is 0.428. The Bertz CT molecular complexity index is 760. The SMILES string of the molecule is CC(C)COP(=O)(OCC(C)C)[C@@H](Nc1ccccc1)c1ccc(N(C)C)cc1. The van der Waals surface area contributed by atoms with E-state index < -0.39 is 13.4 Å². The molecule has 0 unspecified atom stereocenters. The molecule has 5 nitrogen and oxygen atoms in total. The van der Waals surface area contributed by atoms with Gasteiger partial charge in [-0.15, -0.1) is 0 Å². The summed E-state index contributed by atoms with van der Waals surface area (Å²) in [6.07, 6.45) is 0. The number of para-hydroxylation sites is 1. The van der Waals surface area contributed by atoms with Crippen molar-refractivity contribution in [2.75, 3.05) is 37.5 Å². The molecule has 0 amide bonds. The minimum absolute atomic E-state index is 0.250. The number of rotatable bonds is 11. The van der Waals surface area contributed by atoms with Crippen LogP contribution in [-0.4, -0.2) is 27.3 Å². The van der Waals surface area contributed by atoms with E-state index in [9.17, 15) is 4.57 Å². The Hall–Kier alpha value is -1.81. The zero-order valence-electron chi connectivity index (χ0n) is 18.5. The van der Waals surface area contributed by atoms with E-state index >= 15 is 0 Å². The predicted molar refractivity (Wildman–Crippen MR) is 123 cm³/mol. The minimum atomic E-state index is -3.49. The molecule has 0 heterocycles. The summed E-state index contributed by atoms with van der Waals surface area (Å²) < 4.78 is 26.0. The van der Waals surface area contributed by atoms with E-state index in [1.54, 1.807) is 0 Å². The molecule has 29 heavy (non-hydrogen) atoms. The summed E-state index contributed by atoms with van der Waals surface area (Å²) in [5.41, 5.74) is 2.82. The van der Waals surface area contributed by atoms with Gasteiger partial charge in [0.25, 0.3) is 0 Å². The second-order valence-corrected chi connectivity index (χ2v) is 10.4. The fraction of sp³-hybridized carbons (Fsp3) is 0.478. The van der Waals surface area contributed by atoms with Gasteiger partial charge in [0.05, 0.1) is 13.2 Å². The fourth-order valence-electron chi connectivity index (χ4n) is 2.68. The number of hydrogen-bond donors (Lipinski definition) is 1. The van der Waals surface area contributed by atoms with E-state index in [-0.39, 0.29) is 11.8 Å². The van der Waals surface area contributed by atoms with Crippen LogP contribution in [0, 0.1) is 11.8 Å². The third-order valence-corrected chi connectivity index (χ3v) is 6.37. The third kappa shape index (κ3) is 7.18. The minimum Gasteiger partial charge on any atom is -0.378 e. The van der Waals surface area contributed by atoms with Gasteiger partial charge in [0.2, 0.25) is 0 Å². The summed E-state index contributed by atoms with van der Waals surface area (Å²) in [6, 6.07) is 17.8. The first-order chi connectivity index (χ1) is 13.7. The largest absolute Gasteiger partial charge is 0.378 e. The number of nitrogens with one attached hydrogen (secondary N) is 1. The van der Waals surface area contributed by atoms with E-state index in [1.165, 1.54) is 0 Å². The van der Waals surface area contributed by atoms with Gasteiger partial charge in [-0.2, -0.15) is 0 Å². The molecule has 0 aliphatic rings. The molecule has 2 rings (SSSR count). The highest BCUT2D eigenvalue weighted by Crippen LogP contribution is 2.61. The Labute approximate surface area is 176 Å². The van der Waals surface area contributed by atoms with Crippen LogP contribution in [0.15, 0.2) is 54.6 Å². The molecule has 0 bridgehead atoms. The first-order valence-electron chi connectivity index (χ1n) is 10.2. The third-order valence-electron chi connectivity index (χ3n) is 4.29. The van der Waals surface area contributed by atoms with Gasteiger partial charge in [0.1, 0.15) is 0 Å². The average molecular weight is 419 g/mol. The topological polar surface area (TPSA) is 50.8 Å². The van der Waals surface area contributed by atoms with Crippen LogP contribution in [0.2, 0.25) is 0 Å². The first-order valence-corrected chi connectivity index (χ1v) is 11.8. The molecule has 0 saturated carbocycles. The molecule has 0 aromatic heterocycles. The molecular weight excluding hydrogens is 383 g/mol. The molecule has 2 aromatic carbocycles. The van der Waals surface area contributed by atoms with Gasteiger partial charge in [-0.1, -0.05) is 58.0 Å². The van der Waals surface area contributed by atoms with Crippen LogP contribution in [0.25, 0.3) is 0 Å². The number of anilines is 2. The predicted octanol–water partition coefficient (Wildman–Crippen LogP) is 6.40. The zero-order chi connectivity index (χ0) is 21.4. The van der Waals surface area contributed by atoms with Gasteiger partial charge in [0.15, 0.2) is 5.78 Å². The monoisotopic (exact) mass is 418 g/mol. The highest BCUT2D eigenvalue weighted by Gasteiger charge is 2.38. The molecule has 0 fully saturated rings. The van der Waals surface area contributed by atoms with Crippen molar-refractivity contribution < 1.29 is 13.6 Å².